The van der Waals surface area contributed by atoms with Gasteiger partial charge < -0.3 is 16.0 Å². The number of halogens is 1. The van der Waals surface area contributed by atoms with Gasteiger partial charge in [-0.1, -0.05) is 13.8 Å². The number of carbonyl (C=O) groups excluding carboxylic acids is 1. The van der Waals surface area contributed by atoms with E-state index in [0.717, 1.165) is 19.0 Å². The van der Waals surface area contributed by atoms with Crippen LogP contribution in [0.2, 0.25) is 0 Å². The van der Waals surface area contributed by atoms with Crippen LogP contribution in [0, 0.1) is 11.3 Å². The van der Waals surface area contributed by atoms with E-state index < -0.39 is 5.41 Å². The third-order valence-corrected chi connectivity index (χ3v) is 2.61. The van der Waals surface area contributed by atoms with E-state index >= 15 is 0 Å². The molecule has 0 aromatic rings. The molecule has 0 aliphatic rings. The van der Waals surface area contributed by atoms with E-state index in [-0.39, 0.29) is 29.9 Å². The number of nitrogens with one attached hydrogen (secondary N) is 3. The highest BCUT2D eigenvalue weighted by Crippen LogP contribution is 2.15. The summed E-state index contributed by atoms with van der Waals surface area (Å²) in [5.74, 6) is 1.37. The van der Waals surface area contributed by atoms with Gasteiger partial charge in [-0.25, -0.2) is 0 Å². The van der Waals surface area contributed by atoms with Gasteiger partial charge in [-0.2, -0.15) is 0 Å². The second-order valence-electron chi connectivity index (χ2n) is 5.71. The van der Waals surface area contributed by atoms with E-state index in [4.69, 9.17) is 0 Å². The monoisotopic (exact) mass is 398 g/mol. The van der Waals surface area contributed by atoms with Crippen molar-refractivity contribution in [2.24, 2.45) is 16.3 Å². The van der Waals surface area contributed by atoms with E-state index in [1.54, 1.807) is 0 Å². The van der Waals surface area contributed by atoms with Gasteiger partial charge in [0.25, 0.3) is 0 Å². The average Bonchev–Trinajstić information content (AvgIpc) is 2.33. The molecule has 3 N–H and O–H groups in total. The largest absolute Gasteiger partial charge is 0.357 e. The molecular weight excluding hydrogens is 367 g/mol. The molecule has 0 rings (SSSR count). The van der Waals surface area contributed by atoms with Crippen molar-refractivity contribution in [2.45, 2.75) is 41.5 Å². The van der Waals surface area contributed by atoms with Crippen LogP contribution < -0.4 is 16.0 Å². The van der Waals surface area contributed by atoms with Crippen molar-refractivity contribution in [3.63, 3.8) is 0 Å². The van der Waals surface area contributed by atoms with E-state index in [2.05, 4.69) is 34.8 Å². The molecule has 0 radical (unpaired) electrons. The number of aliphatic imine (C=N–C) groups is 1. The Bertz CT molecular complexity index is 304. The number of nitrogens with zero attached hydrogens (tertiary/aromatic N) is 1. The maximum absolute atomic E-state index is 11.9. The third kappa shape index (κ3) is 9.39. The Labute approximate surface area is 140 Å². The van der Waals surface area contributed by atoms with Gasteiger partial charge in [0.05, 0.1) is 12.0 Å². The summed E-state index contributed by atoms with van der Waals surface area (Å²) in [7, 11) is 0. The molecule has 0 saturated carbocycles. The van der Waals surface area contributed by atoms with E-state index in [1.165, 1.54) is 0 Å². The number of amides is 1. The quantitative estimate of drug-likeness (QED) is 0.349. The molecule has 0 aromatic carbocycles. The minimum Gasteiger partial charge on any atom is -0.357 e. The Morgan fingerprint density at radius 2 is 1.65 bits per heavy atom. The summed E-state index contributed by atoms with van der Waals surface area (Å²) in [6, 6.07) is 0. The van der Waals surface area contributed by atoms with Crippen LogP contribution in [-0.4, -0.2) is 38.0 Å². The highest BCUT2D eigenvalue weighted by atomic mass is 127. The van der Waals surface area contributed by atoms with E-state index in [9.17, 15) is 4.79 Å². The van der Waals surface area contributed by atoms with Gasteiger partial charge in [0.2, 0.25) is 5.91 Å². The fourth-order valence-electron chi connectivity index (χ4n) is 1.39. The standard InChI is InChI=1S/C14H30N4O.HI/c1-7-15-12(19)14(5,6)10-18-13(16-8-2)17-9-11(3)4;/h11H,7-10H2,1-6H3,(H,15,19)(H2,16,17,18);1H. The van der Waals surface area contributed by atoms with Crippen LogP contribution in [0.25, 0.3) is 0 Å². The lowest BCUT2D eigenvalue weighted by molar-refractivity contribution is -0.128. The molecule has 0 fully saturated rings. The summed E-state index contributed by atoms with van der Waals surface area (Å²) in [5, 5.41) is 9.30. The molecule has 20 heavy (non-hydrogen) atoms. The molecular formula is C14H31IN4O. The lowest BCUT2D eigenvalue weighted by atomic mass is 9.92. The van der Waals surface area contributed by atoms with E-state index in [0.29, 0.717) is 19.0 Å². The number of guanidine groups is 1. The first kappa shape index (κ1) is 21.8. The predicted octanol–water partition coefficient (Wildman–Crippen LogP) is 1.98. The second-order valence-corrected chi connectivity index (χ2v) is 5.71. The molecule has 6 heteroatoms. The smallest absolute Gasteiger partial charge is 0.227 e. The number of carbonyl (C=O) groups is 1. The lowest BCUT2D eigenvalue weighted by Gasteiger charge is -2.22. The first-order chi connectivity index (χ1) is 8.83. The van der Waals surface area contributed by atoms with Crippen molar-refractivity contribution in [3.05, 3.63) is 0 Å². The molecule has 5 nitrogen and oxygen atoms in total. The van der Waals surface area contributed by atoms with Crippen molar-refractivity contribution in [2.75, 3.05) is 26.2 Å². The van der Waals surface area contributed by atoms with Crippen LogP contribution in [0.4, 0.5) is 0 Å². The SMILES string of the molecule is CCNC(=O)C(C)(C)CN=C(NCC)NCC(C)C.I. The van der Waals surface area contributed by atoms with Gasteiger partial charge in [0, 0.05) is 19.6 Å². The van der Waals surface area contributed by atoms with Crippen LogP contribution in [0.5, 0.6) is 0 Å². The van der Waals surface area contributed by atoms with Crippen LogP contribution in [-0.2, 0) is 4.79 Å². The van der Waals surface area contributed by atoms with Crippen LogP contribution >= 0.6 is 24.0 Å². The van der Waals surface area contributed by atoms with Crippen LogP contribution in [0.1, 0.15) is 41.5 Å². The fourth-order valence-corrected chi connectivity index (χ4v) is 1.39. The molecule has 0 unspecified atom stereocenters. The summed E-state index contributed by atoms with van der Waals surface area (Å²) in [6.07, 6.45) is 0. The first-order valence-electron chi connectivity index (χ1n) is 7.14. The van der Waals surface area contributed by atoms with Crippen LogP contribution in [0.15, 0.2) is 4.99 Å². The molecule has 0 aliphatic heterocycles. The summed E-state index contributed by atoms with van der Waals surface area (Å²) < 4.78 is 0. The average molecular weight is 398 g/mol. The summed E-state index contributed by atoms with van der Waals surface area (Å²) in [4.78, 5) is 16.4. The van der Waals surface area contributed by atoms with Crippen molar-refractivity contribution in [1.82, 2.24) is 16.0 Å². The van der Waals surface area contributed by atoms with Crippen molar-refractivity contribution in [1.29, 1.82) is 0 Å². The molecule has 1 amide bonds. The fraction of sp³-hybridized carbons (Fsp3) is 0.857. The minimum atomic E-state index is -0.490. The van der Waals surface area contributed by atoms with E-state index in [1.807, 2.05) is 27.7 Å². The van der Waals surface area contributed by atoms with Gasteiger partial charge >= 0.3 is 0 Å². The molecule has 0 atom stereocenters. The Morgan fingerprint density at radius 1 is 1.10 bits per heavy atom. The van der Waals surface area contributed by atoms with Crippen LogP contribution in [0.3, 0.4) is 0 Å². The van der Waals surface area contributed by atoms with Gasteiger partial charge in [-0.15, -0.1) is 24.0 Å². The molecule has 120 valence electrons. The van der Waals surface area contributed by atoms with Gasteiger partial charge in [-0.05, 0) is 33.6 Å². The molecule has 0 aliphatic carbocycles. The van der Waals surface area contributed by atoms with Crippen molar-refractivity contribution < 1.29 is 4.79 Å². The predicted molar refractivity (Wildman–Crippen MR) is 96.7 cm³/mol. The first-order valence-corrected chi connectivity index (χ1v) is 7.14. The Morgan fingerprint density at radius 3 is 2.10 bits per heavy atom. The number of rotatable bonds is 7. The zero-order valence-corrected chi connectivity index (χ0v) is 16.0. The Kier molecular flexibility index (Phi) is 12.1. The number of hydrogen-bond acceptors (Lipinski definition) is 2. The lowest BCUT2D eigenvalue weighted by Crippen LogP contribution is -2.42. The third-order valence-electron chi connectivity index (χ3n) is 2.61. The van der Waals surface area contributed by atoms with Crippen molar-refractivity contribution in [3.8, 4) is 0 Å². The van der Waals surface area contributed by atoms with Gasteiger partial charge in [0.15, 0.2) is 5.96 Å². The van der Waals surface area contributed by atoms with Gasteiger partial charge in [0.1, 0.15) is 0 Å². The zero-order chi connectivity index (χ0) is 14.9. The molecule has 0 aromatic heterocycles. The maximum atomic E-state index is 11.9. The number of hydrogen-bond donors (Lipinski definition) is 3. The topological polar surface area (TPSA) is 65.5 Å². The maximum Gasteiger partial charge on any atom is 0.227 e. The molecule has 0 bridgehead atoms. The molecule has 0 spiro atoms. The van der Waals surface area contributed by atoms with Gasteiger partial charge in [-0.3, -0.25) is 9.79 Å². The molecule has 0 heterocycles. The Hall–Kier alpha value is -0.530. The zero-order valence-electron chi connectivity index (χ0n) is 13.7. The normalized spacial score (nSPS) is 11.8. The summed E-state index contributed by atoms with van der Waals surface area (Å²) in [5.41, 5.74) is -0.490. The summed E-state index contributed by atoms with van der Waals surface area (Å²) in [6.45, 7) is 14.9. The highest BCUT2D eigenvalue weighted by molar-refractivity contribution is 14.0. The Balaban J connectivity index is 0. The molecule has 0 saturated heterocycles. The van der Waals surface area contributed by atoms with Crippen molar-refractivity contribution >= 4 is 35.8 Å². The highest BCUT2D eigenvalue weighted by Gasteiger charge is 2.26. The second kappa shape index (κ2) is 11.2. The summed E-state index contributed by atoms with van der Waals surface area (Å²) >= 11 is 0. The minimum absolute atomic E-state index is 0.